The zero-order valence-corrected chi connectivity index (χ0v) is 23.0. The van der Waals surface area contributed by atoms with Crippen LogP contribution in [-0.2, 0) is 16.2 Å². The SMILES string of the molecule is CCCCCOc1ccc(/C(O)=C2/C(=O)C(=O)N(c3ccccc3)C2c2ccc(OCc3ccccc3)cc2)cc1. The number of amides is 1. The Hall–Kier alpha value is -4.84. The third kappa shape index (κ3) is 6.33. The molecule has 1 saturated heterocycles. The predicted molar refractivity (Wildman–Crippen MR) is 160 cm³/mol. The molecule has 6 heteroatoms. The van der Waals surface area contributed by atoms with E-state index in [-0.39, 0.29) is 11.3 Å². The van der Waals surface area contributed by atoms with Crippen LogP contribution < -0.4 is 14.4 Å². The molecule has 208 valence electrons. The van der Waals surface area contributed by atoms with Crippen LogP contribution in [0.15, 0.2) is 115 Å². The number of unbranched alkanes of at least 4 members (excludes halogenated alkanes) is 2. The van der Waals surface area contributed by atoms with Gasteiger partial charge in [-0.15, -0.1) is 0 Å². The molecular weight excluding hydrogens is 514 g/mol. The van der Waals surface area contributed by atoms with Crippen LogP contribution in [0, 0.1) is 0 Å². The second-order valence-electron chi connectivity index (χ2n) is 9.93. The van der Waals surface area contributed by atoms with Crippen LogP contribution in [0.5, 0.6) is 11.5 Å². The number of Topliss-reactive ketones (excluding diaryl/α,β-unsaturated/α-hetero) is 1. The molecule has 1 amide bonds. The van der Waals surface area contributed by atoms with Gasteiger partial charge in [0.15, 0.2) is 0 Å². The van der Waals surface area contributed by atoms with E-state index in [0.29, 0.717) is 41.5 Å². The van der Waals surface area contributed by atoms with Crippen LogP contribution in [0.3, 0.4) is 0 Å². The van der Waals surface area contributed by atoms with Gasteiger partial charge >= 0.3 is 0 Å². The highest BCUT2D eigenvalue weighted by atomic mass is 16.5. The first-order valence-electron chi connectivity index (χ1n) is 13.9. The number of carbonyl (C=O) groups is 2. The number of aliphatic hydroxyl groups excluding tert-OH is 1. The fourth-order valence-electron chi connectivity index (χ4n) is 4.90. The Kier molecular flexibility index (Phi) is 8.79. The van der Waals surface area contributed by atoms with Crippen molar-refractivity contribution in [1.29, 1.82) is 0 Å². The summed E-state index contributed by atoms with van der Waals surface area (Å²) in [5.41, 5.74) is 2.76. The molecule has 0 aromatic heterocycles. The van der Waals surface area contributed by atoms with E-state index in [1.54, 1.807) is 36.4 Å². The Morgan fingerprint density at radius 3 is 2.02 bits per heavy atom. The minimum Gasteiger partial charge on any atom is -0.507 e. The summed E-state index contributed by atoms with van der Waals surface area (Å²) in [6.07, 6.45) is 3.18. The molecule has 5 rings (SSSR count). The first kappa shape index (κ1) is 27.7. The summed E-state index contributed by atoms with van der Waals surface area (Å²) in [6.45, 7) is 3.17. The van der Waals surface area contributed by atoms with Gasteiger partial charge in [-0.1, -0.05) is 80.4 Å². The number of nitrogens with zero attached hydrogens (tertiary/aromatic N) is 1. The highest BCUT2D eigenvalue weighted by Crippen LogP contribution is 2.42. The number of carbonyl (C=O) groups excluding carboxylic acids is 2. The molecular formula is C35H33NO5. The minimum atomic E-state index is -0.814. The first-order valence-corrected chi connectivity index (χ1v) is 13.9. The number of benzene rings is 4. The lowest BCUT2D eigenvalue weighted by Gasteiger charge is -2.25. The summed E-state index contributed by atoms with van der Waals surface area (Å²) in [5, 5.41) is 11.4. The summed E-state index contributed by atoms with van der Waals surface area (Å²) >= 11 is 0. The smallest absolute Gasteiger partial charge is 0.300 e. The third-order valence-corrected chi connectivity index (χ3v) is 7.07. The monoisotopic (exact) mass is 547 g/mol. The lowest BCUT2D eigenvalue weighted by atomic mass is 9.95. The van der Waals surface area contributed by atoms with E-state index in [1.165, 1.54) is 4.90 Å². The predicted octanol–water partition coefficient (Wildman–Crippen LogP) is 7.46. The molecule has 4 aromatic rings. The maximum absolute atomic E-state index is 13.4. The molecule has 1 atom stereocenters. The van der Waals surface area contributed by atoms with Gasteiger partial charge in [-0.05, 0) is 66.1 Å². The summed E-state index contributed by atoms with van der Waals surface area (Å²) < 4.78 is 11.7. The Bertz CT molecular complexity index is 1500. The lowest BCUT2D eigenvalue weighted by molar-refractivity contribution is -0.132. The van der Waals surface area contributed by atoms with Crippen molar-refractivity contribution in [3.8, 4) is 11.5 Å². The van der Waals surface area contributed by atoms with Gasteiger partial charge in [-0.2, -0.15) is 0 Å². The van der Waals surface area contributed by atoms with E-state index in [4.69, 9.17) is 9.47 Å². The second kappa shape index (κ2) is 13.0. The van der Waals surface area contributed by atoms with Gasteiger partial charge in [0.05, 0.1) is 18.2 Å². The van der Waals surface area contributed by atoms with Crippen LogP contribution in [0.2, 0.25) is 0 Å². The molecule has 1 aliphatic rings. The van der Waals surface area contributed by atoms with Crippen molar-refractivity contribution in [2.45, 2.75) is 38.8 Å². The number of rotatable bonds is 11. The van der Waals surface area contributed by atoms with Gasteiger partial charge < -0.3 is 14.6 Å². The maximum Gasteiger partial charge on any atom is 0.300 e. The summed E-state index contributed by atoms with van der Waals surface area (Å²) in [7, 11) is 0. The Morgan fingerprint density at radius 1 is 0.756 bits per heavy atom. The number of ether oxygens (including phenoxy) is 2. The fraction of sp³-hybridized carbons (Fsp3) is 0.200. The topological polar surface area (TPSA) is 76.1 Å². The zero-order chi connectivity index (χ0) is 28.6. The van der Waals surface area contributed by atoms with Crippen molar-refractivity contribution in [2.75, 3.05) is 11.5 Å². The van der Waals surface area contributed by atoms with Gasteiger partial charge in [0.1, 0.15) is 23.9 Å². The summed E-state index contributed by atoms with van der Waals surface area (Å²) in [4.78, 5) is 28.2. The molecule has 4 aromatic carbocycles. The van der Waals surface area contributed by atoms with Crippen molar-refractivity contribution < 1.29 is 24.2 Å². The van der Waals surface area contributed by atoms with Crippen LogP contribution in [0.1, 0.15) is 48.9 Å². The molecule has 6 nitrogen and oxygen atoms in total. The van der Waals surface area contributed by atoms with Gasteiger partial charge in [-0.25, -0.2) is 0 Å². The van der Waals surface area contributed by atoms with Crippen molar-refractivity contribution in [2.24, 2.45) is 0 Å². The van der Waals surface area contributed by atoms with E-state index in [2.05, 4.69) is 6.92 Å². The van der Waals surface area contributed by atoms with Crippen LogP contribution in [0.4, 0.5) is 5.69 Å². The molecule has 1 fully saturated rings. The molecule has 41 heavy (non-hydrogen) atoms. The molecule has 0 aliphatic carbocycles. The molecule has 1 aliphatic heterocycles. The third-order valence-electron chi connectivity index (χ3n) is 7.07. The Balaban J connectivity index is 1.46. The largest absolute Gasteiger partial charge is 0.507 e. The Morgan fingerprint density at radius 2 is 1.37 bits per heavy atom. The number of hydrogen-bond donors (Lipinski definition) is 1. The normalized spacial score (nSPS) is 16.1. The minimum absolute atomic E-state index is 0.0356. The van der Waals surface area contributed by atoms with E-state index in [1.807, 2.05) is 72.8 Å². The molecule has 1 N–H and O–H groups in total. The van der Waals surface area contributed by atoms with Gasteiger partial charge in [0, 0.05) is 11.3 Å². The number of anilines is 1. The van der Waals surface area contributed by atoms with Gasteiger partial charge in [0.2, 0.25) is 0 Å². The molecule has 1 unspecified atom stereocenters. The van der Waals surface area contributed by atoms with Crippen LogP contribution in [0.25, 0.3) is 5.76 Å². The number of hydrogen-bond acceptors (Lipinski definition) is 5. The van der Waals surface area contributed by atoms with E-state index in [0.717, 1.165) is 24.8 Å². The average Bonchev–Trinajstić information content (AvgIpc) is 3.29. The number of aliphatic hydroxyl groups is 1. The van der Waals surface area contributed by atoms with Crippen molar-refractivity contribution in [1.82, 2.24) is 0 Å². The Labute approximate surface area is 240 Å². The van der Waals surface area contributed by atoms with Gasteiger partial charge in [0.25, 0.3) is 11.7 Å². The fourth-order valence-corrected chi connectivity index (χ4v) is 4.90. The number of para-hydroxylation sites is 1. The lowest BCUT2D eigenvalue weighted by Crippen LogP contribution is -2.29. The molecule has 1 heterocycles. The summed E-state index contributed by atoms with van der Waals surface area (Å²) in [5.74, 6) is -0.314. The first-order chi connectivity index (χ1) is 20.1. The van der Waals surface area contributed by atoms with Crippen LogP contribution in [-0.4, -0.2) is 23.4 Å². The quantitative estimate of drug-likeness (QED) is 0.0913. The molecule has 0 radical (unpaired) electrons. The van der Waals surface area contributed by atoms with Crippen LogP contribution >= 0.6 is 0 Å². The molecule has 0 spiro atoms. The van der Waals surface area contributed by atoms with Gasteiger partial charge in [-0.3, -0.25) is 14.5 Å². The molecule has 0 bridgehead atoms. The average molecular weight is 548 g/mol. The zero-order valence-electron chi connectivity index (χ0n) is 23.0. The highest BCUT2D eigenvalue weighted by Gasteiger charge is 2.46. The standard InChI is InChI=1S/C35H33NO5/c1-2-3-10-23-40-29-21-17-27(18-22-29)33(37)31-32(36(35(39)34(31)38)28-13-8-5-9-14-28)26-15-19-30(20-16-26)41-24-25-11-6-4-7-12-25/h4-9,11-22,32,37H,2-3,10,23-24H2,1H3/b33-31-. The van der Waals surface area contributed by atoms with E-state index in [9.17, 15) is 14.7 Å². The van der Waals surface area contributed by atoms with Crippen molar-refractivity contribution in [3.05, 3.63) is 131 Å². The van der Waals surface area contributed by atoms with Crippen molar-refractivity contribution in [3.63, 3.8) is 0 Å². The summed E-state index contributed by atoms with van der Waals surface area (Å²) in [6, 6.07) is 32.3. The van der Waals surface area contributed by atoms with E-state index >= 15 is 0 Å². The number of ketones is 1. The second-order valence-corrected chi connectivity index (χ2v) is 9.93. The maximum atomic E-state index is 13.4. The molecule has 0 saturated carbocycles. The van der Waals surface area contributed by atoms with Crippen molar-refractivity contribution >= 4 is 23.1 Å². The van der Waals surface area contributed by atoms with E-state index < -0.39 is 17.7 Å². The highest BCUT2D eigenvalue weighted by molar-refractivity contribution is 6.51.